The zero-order chi connectivity index (χ0) is 19.4. The van der Waals surface area contributed by atoms with E-state index < -0.39 is 5.91 Å². The number of methoxy groups -OCH3 is 1. The Labute approximate surface area is 156 Å². The van der Waals surface area contributed by atoms with Crippen molar-refractivity contribution in [2.75, 3.05) is 7.11 Å². The van der Waals surface area contributed by atoms with Crippen LogP contribution in [0.5, 0.6) is 11.5 Å². The van der Waals surface area contributed by atoms with E-state index in [1.165, 1.54) is 7.11 Å². The van der Waals surface area contributed by atoms with Gasteiger partial charge in [0.05, 0.1) is 29.7 Å². The third-order valence-electron chi connectivity index (χ3n) is 4.09. The highest BCUT2D eigenvalue weighted by Gasteiger charge is 2.18. The molecule has 0 unspecified atom stereocenters. The Hall–Kier alpha value is -3.79. The van der Waals surface area contributed by atoms with E-state index >= 15 is 0 Å². The molecule has 0 atom stereocenters. The molecule has 3 rings (SSSR count). The van der Waals surface area contributed by atoms with Gasteiger partial charge in [0.2, 0.25) is 0 Å². The van der Waals surface area contributed by atoms with Gasteiger partial charge in [-0.05, 0) is 31.2 Å². The maximum Gasteiger partial charge on any atom is 0.252 e. The van der Waals surface area contributed by atoms with Crippen molar-refractivity contribution < 1.29 is 14.3 Å². The summed E-state index contributed by atoms with van der Waals surface area (Å²) < 4.78 is 12.7. The minimum Gasteiger partial charge on any atom is -0.497 e. The first kappa shape index (κ1) is 18.0. The van der Waals surface area contributed by atoms with Gasteiger partial charge in [-0.3, -0.25) is 4.79 Å². The lowest BCUT2D eigenvalue weighted by atomic mass is 10.1. The summed E-state index contributed by atoms with van der Waals surface area (Å²) in [6, 6.07) is 16.4. The first-order valence-electron chi connectivity index (χ1n) is 8.19. The van der Waals surface area contributed by atoms with Crippen LogP contribution in [0.15, 0.2) is 48.5 Å². The fourth-order valence-corrected chi connectivity index (χ4v) is 2.74. The number of nitrogens with zero attached hydrogens (tertiary/aromatic N) is 3. The molecule has 2 N–H and O–H groups in total. The summed E-state index contributed by atoms with van der Waals surface area (Å²) in [5.41, 5.74) is 8.08. The summed E-state index contributed by atoms with van der Waals surface area (Å²) in [5.74, 6) is 0.202. The highest BCUT2D eigenvalue weighted by molar-refractivity contribution is 5.95. The van der Waals surface area contributed by atoms with Gasteiger partial charge < -0.3 is 15.2 Å². The monoisotopic (exact) mass is 362 g/mol. The molecule has 1 heterocycles. The lowest BCUT2D eigenvalue weighted by Gasteiger charge is -2.13. The minimum absolute atomic E-state index is 0.0338. The molecular formula is C20H18N4O3. The number of amides is 1. The van der Waals surface area contributed by atoms with Crippen LogP contribution in [0.3, 0.4) is 0 Å². The summed E-state index contributed by atoms with van der Waals surface area (Å²) in [6.07, 6.45) is 0. The second-order valence-corrected chi connectivity index (χ2v) is 5.78. The average molecular weight is 362 g/mol. The van der Waals surface area contributed by atoms with Crippen molar-refractivity contribution in [3.63, 3.8) is 0 Å². The van der Waals surface area contributed by atoms with E-state index in [9.17, 15) is 10.1 Å². The summed E-state index contributed by atoms with van der Waals surface area (Å²) in [7, 11) is 1.52. The van der Waals surface area contributed by atoms with Crippen molar-refractivity contribution in [2.45, 2.75) is 13.5 Å². The smallest absolute Gasteiger partial charge is 0.252 e. The van der Waals surface area contributed by atoms with Crippen LogP contribution < -0.4 is 15.2 Å². The molecule has 0 radical (unpaired) electrons. The van der Waals surface area contributed by atoms with Gasteiger partial charge in [0.1, 0.15) is 29.7 Å². The number of hydrogen-bond donors (Lipinski definition) is 1. The van der Waals surface area contributed by atoms with Crippen LogP contribution >= 0.6 is 0 Å². The normalized spacial score (nSPS) is 10.3. The Morgan fingerprint density at radius 3 is 2.63 bits per heavy atom. The molecule has 1 aromatic heterocycles. The highest BCUT2D eigenvalue weighted by atomic mass is 16.5. The molecule has 3 aromatic rings. The number of aromatic nitrogens is 2. The molecule has 0 fully saturated rings. The summed E-state index contributed by atoms with van der Waals surface area (Å²) in [4.78, 5) is 11.7. The van der Waals surface area contributed by atoms with Crippen molar-refractivity contribution in [2.24, 2.45) is 5.73 Å². The molecule has 136 valence electrons. The van der Waals surface area contributed by atoms with Crippen molar-refractivity contribution in [3.05, 3.63) is 71.0 Å². The fourth-order valence-electron chi connectivity index (χ4n) is 2.74. The molecule has 0 saturated heterocycles. The van der Waals surface area contributed by atoms with Crippen LogP contribution in [0.2, 0.25) is 0 Å². The van der Waals surface area contributed by atoms with Gasteiger partial charge in [-0.25, -0.2) is 4.68 Å². The van der Waals surface area contributed by atoms with Crippen LogP contribution in [-0.4, -0.2) is 22.8 Å². The Morgan fingerprint density at radius 1 is 1.26 bits per heavy atom. The molecule has 2 aromatic carbocycles. The second kappa shape index (κ2) is 7.62. The van der Waals surface area contributed by atoms with Crippen molar-refractivity contribution >= 4 is 5.91 Å². The molecule has 7 nitrogen and oxygen atoms in total. The van der Waals surface area contributed by atoms with E-state index in [4.69, 9.17) is 15.2 Å². The molecule has 0 spiro atoms. The Balaban J connectivity index is 2.00. The van der Waals surface area contributed by atoms with E-state index in [-0.39, 0.29) is 17.9 Å². The SMILES string of the molecule is COc1ccc(C(N)=O)c(OCc2c(C#N)c(C)nn2-c2ccccc2)c1. The van der Waals surface area contributed by atoms with E-state index in [1.54, 1.807) is 29.8 Å². The number of hydrogen-bond acceptors (Lipinski definition) is 5. The number of primary amides is 1. The zero-order valence-corrected chi connectivity index (χ0v) is 15.0. The van der Waals surface area contributed by atoms with Crippen molar-refractivity contribution in [1.82, 2.24) is 9.78 Å². The molecule has 0 saturated carbocycles. The molecular weight excluding hydrogens is 344 g/mol. The predicted octanol–water partition coefficient (Wildman–Crippen LogP) is 2.74. The Morgan fingerprint density at radius 2 is 2.00 bits per heavy atom. The zero-order valence-electron chi connectivity index (χ0n) is 15.0. The van der Waals surface area contributed by atoms with Crippen molar-refractivity contribution in [1.29, 1.82) is 5.26 Å². The predicted molar refractivity (Wildman–Crippen MR) is 98.9 cm³/mol. The van der Waals surface area contributed by atoms with Gasteiger partial charge >= 0.3 is 0 Å². The summed E-state index contributed by atoms with van der Waals surface area (Å²) >= 11 is 0. The fraction of sp³-hybridized carbons (Fsp3) is 0.150. The number of nitrogens with two attached hydrogens (primary N) is 1. The Bertz CT molecular complexity index is 1020. The van der Waals surface area contributed by atoms with Crippen LogP contribution in [0.25, 0.3) is 5.69 Å². The Kier molecular flexibility index (Phi) is 5.08. The number of rotatable bonds is 6. The largest absolute Gasteiger partial charge is 0.497 e. The average Bonchev–Trinajstić information content (AvgIpc) is 3.01. The lowest BCUT2D eigenvalue weighted by molar-refractivity contribution is 0.0995. The first-order valence-corrected chi connectivity index (χ1v) is 8.19. The quantitative estimate of drug-likeness (QED) is 0.726. The molecule has 27 heavy (non-hydrogen) atoms. The molecule has 0 bridgehead atoms. The lowest BCUT2D eigenvalue weighted by Crippen LogP contribution is -2.14. The number of benzene rings is 2. The second-order valence-electron chi connectivity index (χ2n) is 5.78. The van der Waals surface area contributed by atoms with E-state index in [0.717, 1.165) is 5.69 Å². The van der Waals surface area contributed by atoms with E-state index in [0.29, 0.717) is 22.7 Å². The maximum atomic E-state index is 11.7. The maximum absolute atomic E-state index is 11.7. The first-order chi connectivity index (χ1) is 13.0. The third kappa shape index (κ3) is 3.60. The van der Waals surface area contributed by atoms with Crippen LogP contribution in [-0.2, 0) is 6.61 Å². The van der Waals surface area contributed by atoms with Gasteiger partial charge in [-0.2, -0.15) is 10.4 Å². The number of nitriles is 1. The number of ether oxygens (including phenoxy) is 2. The standard InChI is InChI=1S/C20H18N4O3/c1-13-17(11-21)18(24(23-13)14-6-4-3-5-7-14)12-27-19-10-15(26-2)8-9-16(19)20(22)25/h3-10H,12H2,1-2H3,(H2,22,25). The molecule has 0 aliphatic carbocycles. The van der Waals surface area contributed by atoms with E-state index in [1.807, 2.05) is 30.3 Å². The topological polar surface area (TPSA) is 103 Å². The minimum atomic E-state index is -0.610. The summed E-state index contributed by atoms with van der Waals surface area (Å²) in [5, 5.41) is 14.0. The highest BCUT2D eigenvalue weighted by Crippen LogP contribution is 2.27. The van der Waals surface area contributed by atoms with Gasteiger partial charge in [0, 0.05) is 6.07 Å². The van der Waals surface area contributed by atoms with Crippen molar-refractivity contribution in [3.8, 4) is 23.3 Å². The molecule has 0 aliphatic rings. The summed E-state index contributed by atoms with van der Waals surface area (Å²) in [6.45, 7) is 1.80. The van der Waals surface area contributed by atoms with Crippen LogP contribution in [0, 0.1) is 18.3 Å². The molecule has 7 heteroatoms. The third-order valence-corrected chi connectivity index (χ3v) is 4.09. The molecule has 1 amide bonds. The van der Waals surface area contributed by atoms with Gasteiger partial charge in [-0.15, -0.1) is 0 Å². The number of aryl methyl sites for hydroxylation is 1. The van der Waals surface area contributed by atoms with Crippen LogP contribution in [0.4, 0.5) is 0 Å². The number of para-hydroxylation sites is 1. The van der Waals surface area contributed by atoms with Gasteiger partial charge in [0.15, 0.2) is 0 Å². The van der Waals surface area contributed by atoms with E-state index in [2.05, 4.69) is 11.2 Å². The van der Waals surface area contributed by atoms with Gasteiger partial charge in [0.25, 0.3) is 5.91 Å². The molecule has 0 aliphatic heterocycles. The van der Waals surface area contributed by atoms with Crippen LogP contribution in [0.1, 0.15) is 27.3 Å². The number of carbonyl (C=O) groups excluding carboxylic acids is 1. The van der Waals surface area contributed by atoms with Gasteiger partial charge in [-0.1, -0.05) is 18.2 Å². The number of carbonyl (C=O) groups is 1.